The average molecular weight is 813 g/mol. The molecule has 308 valence electrons. The highest BCUT2D eigenvalue weighted by molar-refractivity contribution is 6.06. The number of nitrogens with zero attached hydrogens (tertiary/aromatic N) is 8. The van der Waals surface area contributed by atoms with Crippen LogP contribution in [0.25, 0.3) is 11.4 Å². The Labute approximate surface area is 344 Å². The lowest BCUT2D eigenvalue weighted by atomic mass is 10.0. The maximum Gasteiger partial charge on any atom is 0.255 e. The van der Waals surface area contributed by atoms with Crippen molar-refractivity contribution in [2.24, 2.45) is 14.1 Å². The summed E-state index contributed by atoms with van der Waals surface area (Å²) in [5, 5.41) is 20.4. The van der Waals surface area contributed by atoms with Gasteiger partial charge in [0.1, 0.15) is 30.1 Å². The smallest absolute Gasteiger partial charge is 0.255 e. The van der Waals surface area contributed by atoms with E-state index in [1.54, 1.807) is 20.7 Å². The zero-order valence-electron chi connectivity index (χ0n) is 33.5. The lowest BCUT2D eigenvalue weighted by molar-refractivity contribution is -0.138. The van der Waals surface area contributed by atoms with Crippen LogP contribution in [0.1, 0.15) is 92.4 Å². The summed E-state index contributed by atoms with van der Waals surface area (Å²) >= 11 is 0. The molecule has 2 aromatic heterocycles. The van der Waals surface area contributed by atoms with E-state index in [4.69, 9.17) is 0 Å². The molecule has 0 bridgehead atoms. The van der Waals surface area contributed by atoms with Gasteiger partial charge in [-0.05, 0) is 71.5 Å². The fraction of sp³-hybridized carbons (Fsp3) is 0.333. The Balaban J connectivity index is 0.000000154. The normalized spacial score (nSPS) is 23.4. The van der Waals surface area contributed by atoms with Crippen molar-refractivity contribution >= 4 is 46.8 Å². The molecule has 6 aliphatic rings. The van der Waals surface area contributed by atoms with Crippen molar-refractivity contribution in [2.45, 2.75) is 63.2 Å². The Bertz CT molecular complexity index is 2560. The largest absolute Gasteiger partial charge is 0.359 e. The van der Waals surface area contributed by atoms with Crippen LogP contribution in [-0.4, -0.2) is 101 Å². The molecule has 8 heterocycles. The number of hydrogen-bond donors (Lipinski definition) is 4. The maximum absolute atomic E-state index is 12.9. The van der Waals surface area contributed by atoms with Crippen LogP contribution < -0.4 is 21.3 Å². The van der Waals surface area contributed by atoms with Gasteiger partial charge in [-0.3, -0.25) is 48.8 Å². The molecule has 10 rings (SSSR count). The Hall–Kier alpha value is -7.24. The van der Waals surface area contributed by atoms with E-state index >= 15 is 0 Å². The quantitative estimate of drug-likeness (QED) is 0.205. The van der Waals surface area contributed by atoms with Crippen molar-refractivity contribution in [3.05, 3.63) is 118 Å². The second-order valence-electron chi connectivity index (χ2n) is 15.8. The van der Waals surface area contributed by atoms with Gasteiger partial charge in [-0.25, -0.2) is 0 Å². The minimum atomic E-state index is -0.602. The van der Waals surface area contributed by atoms with Gasteiger partial charge in [0.25, 0.3) is 11.8 Å². The van der Waals surface area contributed by atoms with Crippen LogP contribution in [0.5, 0.6) is 0 Å². The Morgan fingerprint density at radius 2 is 1.15 bits per heavy atom. The van der Waals surface area contributed by atoms with Crippen LogP contribution >= 0.6 is 0 Å². The summed E-state index contributed by atoms with van der Waals surface area (Å²) in [4.78, 5) is 80.3. The topological polar surface area (TPSA) is 199 Å². The van der Waals surface area contributed by atoms with Crippen molar-refractivity contribution in [2.75, 3.05) is 14.1 Å². The summed E-state index contributed by atoms with van der Waals surface area (Å²) in [6.45, 7) is 0.726. The van der Waals surface area contributed by atoms with Gasteiger partial charge in [0.2, 0.25) is 23.6 Å². The summed E-state index contributed by atoms with van der Waals surface area (Å²) in [7, 11) is 7.78. The van der Waals surface area contributed by atoms with Gasteiger partial charge in [-0.15, -0.1) is 0 Å². The number of carbonyl (C=O) groups is 6. The standard InChI is InChI=1S/2C21H22N6O3/c1-25-11-15(23-19(25)16-7-8-22-26(16)2)12-3-4-14-13(9-12)10-27(21(14)30)17-5-6-18(28)24-20(17)29;1-25-11-16(22-19(25)15-7-8-26(2)24-15)12-3-4-14-13(9-12)10-27(21(14)30)17-5-6-18(28)23-20(17)29/h3-4,7-9,11,17,19,23H,5-6,10H2,1-2H3,(H,24,28,29);3-4,7-9,11,17,19,22H,5-6,10H2,1-2H3,(H,23,28,29). The van der Waals surface area contributed by atoms with E-state index in [1.807, 2.05) is 100 Å². The number of fused-ring (bicyclic) bond motifs is 2. The van der Waals surface area contributed by atoms with Crippen LogP contribution in [0, 0.1) is 0 Å². The first kappa shape index (κ1) is 38.3. The molecule has 0 saturated carbocycles. The van der Waals surface area contributed by atoms with Gasteiger partial charge in [0.05, 0.1) is 17.1 Å². The molecule has 60 heavy (non-hydrogen) atoms. The number of aryl methyl sites for hydroxylation is 2. The Kier molecular flexibility index (Phi) is 9.48. The number of benzene rings is 2. The first-order valence-electron chi connectivity index (χ1n) is 19.8. The molecule has 2 aromatic carbocycles. The minimum absolute atomic E-state index is 0.0256. The zero-order valence-corrected chi connectivity index (χ0v) is 33.5. The number of amides is 6. The van der Waals surface area contributed by atoms with Crippen molar-refractivity contribution < 1.29 is 28.8 Å². The van der Waals surface area contributed by atoms with E-state index in [0.717, 1.165) is 45.0 Å². The van der Waals surface area contributed by atoms with Crippen LogP contribution in [-0.2, 0) is 46.4 Å². The van der Waals surface area contributed by atoms with Crippen LogP contribution in [0.2, 0.25) is 0 Å². The van der Waals surface area contributed by atoms with E-state index in [9.17, 15) is 28.8 Å². The molecule has 0 radical (unpaired) electrons. The van der Waals surface area contributed by atoms with E-state index in [0.29, 0.717) is 37.1 Å². The summed E-state index contributed by atoms with van der Waals surface area (Å²) in [6, 6.07) is 14.2. The lowest BCUT2D eigenvalue weighted by Crippen LogP contribution is -2.52. The molecule has 0 aliphatic carbocycles. The third kappa shape index (κ3) is 6.82. The molecule has 4 unspecified atom stereocenters. The molecule has 2 fully saturated rings. The number of nitrogens with one attached hydrogen (secondary N) is 4. The third-order valence-corrected chi connectivity index (χ3v) is 11.9. The lowest BCUT2D eigenvalue weighted by Gasteiger charge is -2.29. The number of hydrogen-bond acceptors (Lipinski definition) is 12. The number of imide groups is 2. The van der Waals surface area contributed by atoms with Crippen molar-refractivity contribution in [3.63, 3.8) is 0 Å². The predicted octanol–water partition coefficient (Wildman–Crippen LogP) is 1.43. The fourth-order valence-corrected chi connectivity index (χ4v) is 8.73. The Morgan fingerprint density at radius 1 is 0.633 bits per heavy atom. The SMILES string of the molecule is CN1C=C(c2ccc3c(c2)CN(C2CCC(=O)NC2=O)C3=O)NC1c1ccn(C)n1.CN1C=C(c2ccc3c(c2)CN(C2CCC(=O)NC2=O)C3=O)NC1c1ccnn1C. The molecular weight excluding hydrogens is 769 g/mol. The molecule has 4 atom stereocenters. The van der Waals surface area contributed by atoms with E-state index in [-0.39, 0.29) is 48.8 Å². The molecule has 0 spiro atoms. The molecule has 18 nitrogen and oxygen atoms in total. The van der Waals surface area contributed by atoms with Gasteiger partial charge in [0.15, 0.2) is 0 Å². The third-order valence-electron chi connectivity index (χ3n) is 11.9. The first-order valence-corrected chi connectivity index (χ1v) is 19.8. The molecule has 18 heteroatoms. The number of rotatable bonds is 6. The highest BCUT2D eigenvalue weighted by Crippen LogP contribution is 2.35. The predicted molar refractivity (Wildman–Crippen MR) is 215 cm³/mol. The highest BCUT2D eigenvalue weighted by atomic mass is 16.2. The molecule has 6 amide bonds. The van der Waals surface area contributed by atoms with Gasteiger partial charge in [-0.1, -0.05) is 12.1 Å². The Morgan fingerprint density at radius 3 is 1.62 bits per heavy atom. The maximum atomic E-state index is 12.9. The summed E-state index contributed by atoms with van der Waals surface area (Å²) in [5.74, 6) is -1.68. The van der Waals surface area contributed by atoms with Gasteiger partial charge in [-0.2, -0.15) is 10.2 Å². The zero-order chi connectivity index (χ0) is 42.0. The van der Waals surface area contributed by atoms with E-state index < -0.39 is 23.9 Å². The summed E-state index contributed by atoms with van der Waals surface area (Å²) in [5.41, 5.74) is 8.80. The fourth-order valence-electron chi connectivity index (χ4n) is 8.73. The molecule has 2 saturated heterocycles. The molecule has 4 aromatic rings. The second-order valence-corrected chi connectivity index (χ2v) is 15.8. The summed E-state index contributed by atoms with van der Waals surface area (Å²) < 4.78 is 3.61. The van der Waals surface area contributed by atoms with Crippen molar-refractivity contribution in [1.82, 2.24) is 60.4 Å². The van der Waals surface area contributed by atoms with Gasteiger partial charge in [0, 0.05) is 90.0 Å². The van der Waals surface area contributed by atoms with E-state index in [1.165, 1.54) is 0 Å². The number of piperidine rings is 2. The van der Waals surface area contributed by atoms with Crippen molar-refractivity contribution in [3.8, 4) is 0 Å². The van der Waals surface area contributed by atoms with Gasteiger partial charge >= 0.3 is 0 Å². The number of aromatic nitrogens is 4. The first-order chi connectivity index (χ1) is 28.8. The average Bonchev–Trinajstić information content (AvgIpc) is 4.09. The number of carbonyl (C=O) groups excluding carboxylic acids is 6. The van der Waals surface area contributed by atoms with Crippen molar-refractivity contribution in [1.29, 1.82) is 0 Å². The highest BCUT2D eigenvalue weighted by Gasteiger charge is 2.41. The minimum Gasteiger partial charge on any atom is -0.359 e. The van der Waals surface area contributed by atoms with Gasteiger partial charge < -0.3 is 30.2 Å². The van der Waals surface area contributed by atoms with Crippen LogP contribution in [0.3, 0.4) is 0 Å². The molecular formula is C42H44N12O6. The van der Waals surface area contributed by atoms with Crippen LogP contribution in [0.4, 0.5) is 0 Å². The van der Waals surface area contributed by atoms with Crippen LogP contribution in [0.15, 0.2) is 73.3 Å². The van der Waals surface area contributed by atoms with E-state index in [2.05, 4.69) is 41.3 Å². The molecule has 4 N–H and O–H groups in total. The molecule has 6 aliphatic heterocycles. The second kappa shape index (κ2) is 14.9. The summed E-state index contributed by atoms with van der Waals surface area (Å²) in [6.07, 6.45) is 8.88. The monoisotopic (exact) mass is 812 g/mol.